The number of hydrogen-bond donors (Lipinski definition) is 0. The van der Waals surface area contributed by atoms with Crippen molar-refractivity contribution in [3.8, 4) is 16.5 Å². The van der Waals surface area contributed by atoms with Gasteiger partial charge in [0.05, 0.1) is 17.2 Å². The minimum absolute atomic E-state index is 0.0969. The van der Waals surface area contributed by atoms with Crippen molar-refractivity contribution in [3.63, 3.8) is 0 Å². The Bertz CT molecular complexity index is 693. The number of aromatic nitrogens is 2. The van der Waals surface area contributed by atoms with Crippen molar-refractivity contribution in [1.29, 1.82) is 0 Å². The standard InChI is InChI=1S/C15H14N2O2S2/c1-10(21-12-7-5-11(18-2)6-8-12)14-16-17-15(19-14)13-4-3-9-20-13/h3-10H,1-2H3/t10-/m1/s1. The Morgan fingerprint density at radius 2 is 2.00 bits per heavy atom. The second-order valence-electron chi connectivity index (χ2n) is 4.36. The van der Waals surface area contributed by atoms with Crippen molar-refractivity contribution < 1.29 is 9.15 Å². The molecule has 0 aliphatic carbocycles. The molecule has 0 saturated heterocycles. The molecule has 0 radical (unpaired) electrons. The topological polar surface area (TPSA) is 48.2 Å². The number of nitrogens with zero attached hydrogens (tertiary/aromatic N) is 2. The highest BCUT2D eigenvalue weighted by Crippen LogP contribution is 2.36. The first-order chi connectivity index (χ1) is 10.3. The highest BCUT2D eigenvalue weighted by molar-refractivity contribution is 7.99. The maximum atomic E-state index is 5.75. The Balaban J connectivity index is 1.71. The number of rotatable bonds is 5. The average Bonchev–Trinajstić information content (AvgIpc) is 3.19. The molecule has 0 unspecified atom stereocenters. The third kappa shape index (κ3) is 3.28. The van der Waals surface area contributed by atoms with E-state index < -0.39 is 0 Å². The molecule has 4 nitrogen and oxygen atoms in total. The maximum absolute atomic E-state index is 5.75. The van der Waals surface area contributed by atoms with Crippen LogP contribution in [0.2, 0.25) is 0 Å². The van der Waals surface area contributed by atoms with E-state index >= 15 is 0 Å². The normalized spacial score (nSPS) is 12.3. The maximum Gasteiger partial charge on any atom is 0.257 e. The summed E-state index contributed by atoms with van der Waals surface area (Å²) in [5.74, 6) is 2.08. The zero-order chi connectivity index (χ0) is 14.7. The first-order valence-electron chi connectivity index (χ1n) is 6.44. The summed E-state index contributed by atoms with van der Waals surface area (Å²) in [4.78, 5) is 2.13. The van der Waals surface area contributed by atoms with Gasteiger partial charge in [-0.15, -0.1) is 33.3 Å². The van der Waals surface area contributed by atoms with Crippen LogP contribution in [0.25, 0.3) is 10.8 Å². The van der Waals surface area contributed by atoms with E-state index in [-0.39, 0.29) is 5.25 Å². The molecule has 1 aromatic carbocycles. The molecule has 1 atom stereocenters. The van der Waals surface area contributed by atoms with Gasteiger partial charge >= 0.3 is 0 Å². The molecule has 0 N–H and O–H groups in total. The highest BCUT2D eigenvalue weighted by atomic mass is 32.2. The first kappa shape index (κ1) is 14.2. The number of benzene rings is 1. The summed E-state index contributed by atoms with van der Waals surface area (Å²) in [7, 11) is 1.66. The molecule has 0 bridgehead atoms. The van der Waals surface area contributed by atoms with Gasteiger partial charge in [-0.05, 0) is 42.6 Å². The van der Waals surface area contributed by atoms with Gasteiger partial charge in [-0.1, -0.05) is 6.07 Å². The van der Waals surface area contributed by atoms with Crippen LogP contribution in [-0.4, -0.2) is 17.3 Å². The van der Waals surface area contributed by atoms with Gasteiger partial charge in [-0.25, -0.2) is 0 Å². The average molecular weight is 318 g/mol. The van der Waals surface area contributed by atoms with Crippen molar-refractivity contribution in [3.05, 3.63) is 47.7 Å². The van der Waals surface area contributed by atoms with E-state index in [0.717, 1.165) is 15.5 Å². The molecule has 0 aliphatic heterocycles. The van der Waals surface area contributed by atoms with Crippen LogP contribution in [-0.2, 0) is 0 Å². The minimum Gasteiger partial charge on any atom is -0.497 e. The smallest absolute Gasteiger partial charge is 0.257 e. The van der Waals surface area contributed by atoms with Crippen LogP contribution < -0.4 is 4.74 Å². The molecule has 21 heavy (non-hydrogen) atoms. The van der Waals surface area contributed by atoms with E-state index in [0.29, 0.717) is 11.8 Å². The van der Waals surface area contributed by atoms with Gasteiger partial charge in [0.1, 0.15) is 5.75 Å². The van der Waals surface area contributed by atoms with Crippen LogP contribution in [0.15, 0.2) is 51.1 Å². The summed E-state index contributed by atoms with van der Waals surface area (Å²) in [5.41, 5.74) is 0. The van der Waals surface area contributed by atoms with Gasteiger partial charge in [-0.3, -0.25) is 0 Å². The Hall–Kier alpha value is -1.79. The lowest BCUT2D eigenvalue weighted by atomic mass is 10.3. The summed E-state index contributed by atoms with van der Waals surface area (Å²) in [6.45, 7) is 2.06. The predicted molar refractivity (Wildman–Crippen MR) is 84.9 cm³/mol. The van der Waals surface area contributed by atoms with Crippen LogP contribution in [0.3, 0.4) is 0 Å². The molecular weight excluding hydrogens is 304 g/mol. The second-order valence-corrected chi connectivity index (χ2v) is 6.72. The Morgan fingerprint density at radius 3 is 2.67 bits per heavy atom. The van der Waals surface area contributed by atoms with Gasteiger partial charge in [0.25, 0.3) is 5.89 Å². The summed E-state index contributed by atoms with van der Waals surface area (Å²) in [6, 6.07) is 11.9. The summed E-state index contributed by atoms with van der Waals surface area (Å²) in [6.07, 6.45) is 0. The molecular formula is C15H14N2O2S2. The molecule has 3 rings (SSSR count). The minimum atomic E-state index is 0.0969. The van der Waals surface area contributed by atoms with E-state index in [4.69, 9.17) is 9.15 Å². The quantitative estimate of drug-likeness (QED) is 0.640. The monoisotopic (exact) mass is 318 g/mol. The van der Waals surface area contributed by atoms with Crippen LogP contribution >= 0.6 is 23.1 Å². The second kappa shape index (κ2) is 6.32. The molecule has 3 aromatic rings. The third-order valence-corrected chi connectivity index (χ3v) is 4.85. The SMILES string of the molecule is COc1ccc(S[C@H](C)c2nnc(-c3cccs3)o2)cc1. The fraction of sp³-hybridized carbons (Fsp3) is 0.200. The number of thiophene rings is 1. The van der Waals surface area contributed by atoms with Crippen LogP contribution in [0.5, 0.6) is 5.75 Å². The van der Waals surface area contributed by atoms with Crippen molar-refractivity contribution in [2.45, 2.75) is 17.1 Å². The van der Waals surface area contributed by atoms with Gasteiger partial charge in [0.15, 0.2) is 0 Å². The summed E-state index contributed by atoms with van der Waals surface area (Å²) < 4.78 is 10.9. The van der Waals surface area contributed by atoms with Crippen molar-refractivity contribution in [2.75, 3.05) is 7.11 Å². The fourth-order valence-corrected chi connectivity index (χ4v) is 3.35. The lowest BCUT2D eigenvalue weighted by molar-refractivity contribution is 0.414. The van der Waals surface area contributed by atoms with Crippen LogP contribution in [0, 0.1) is 0 Å². The molecule has 0 spiro atoms. The molecule has 0 aliphatic rings. The predicted octanol–water partition coefficient (Wildman–Crippen LogP) is 4.66. The number of thioether (sulfide) groups is 1. The zero-order valence-corrected chi connectivity index (χ0v) is 13.3. The fourth-order valence-electron chi connectivity index (χ4n) is 1.81. The molecule has 108 valence electrons. The number of hydrogen-bond acceptors (Lipinski definition) is 6. The Morgan fingerprint density at radius 1 is 1.19 bits per heavy atom. The van der Waals surface area contributed by atoms with Gasteiger partial charge in [0, 0.05) is 4.90 Å². The largest absolute Gasteiger partial charge is 0.497 e. The van der Waals surface area contributed by atoms with E-state index in [1.54, 1.807) is 30.2 Å². The highest BCUT2D eigenvalue weighted by Gasteiger charge is 2.16. The van der Waals surface area contributed by atoms with Crippen LogP contribution in [0.1, 0.15) is 18.1 Å². The van der Waals surface area contributed by atoms with Crippen molar-refractivity contribution in [1.82, 2.24) is 10.2 Å². The number of methoxy groups -OCH3 is 1. The number of ether oxygens (including phenoxy) is 1. The van der Waals surface area contributed by atoms with Crippen molar-refractivity contribution >= 4 is 23.1 Å². The molecule has 0 amide bonds. The Kier molecular flexibility index (Phi) is 4.26. The lowest BCUT2D eigenvalue weighted by Gasteiger charge is -2.07. The van der Waals surface area contributed by atoms with E-state index in [1.807, 2.05) is 41.8 Å². The van der Waals surface area contributed by atoms with E-state index in [1.165, 1.54) is 0 Å². The Labute approximate surface area is 131 Å². The first-order valence-corrected chi connectivity index (χ1v) is 8.20. The lowest BCUT2D eigenvalue weighted by Crippen LogP contribution is -1.89. The van der Waals surface area contributed by atoms with Crippen molar-refractivity contribution in [2.24, 2.45) is 0 Å². The molecule has 2 aromatic heterocycles. The molecule has 6 heteroatoms. The third-order valence-electron chi connectivity index (χ3n) is 2.89. The summed E-state index contributed by atoms with van der Waals surface area (Å²) in [5, 5.41) is 10.3. The van der Waals surface area contributed by atoms with E-state index in [2.05, 4.69) is 17.1 Å². The molecule has 0 fully saturated rings. The van der Waals surface area contributed by atoms with Gasteiger partial charge < -0.3 is 9.15 Å². The summed E-state index contributed by atoms with van der Waals surface area (Å²) >= 11 is 3.27. The molecule has 2 heterocycles. The van der Waals surface area contributed by atoms with Crippen LogP contribution in [0.4, 0.5) is 0 Å². The van der Waals surface area contributed by atoms with E-state index in [9.17, 15) is 0 Å². The zero-order valence-electron chi connectivity index (χ0n) is 11.6. The van der Waals surface area contributed by atoms with Gasteiger partial charge in [0.2, 0.25) is 5.89 Å². The molecule has 0 saturated carbocycles. The van der Waals surface area contributed by atoms with Gasteiger partial charge in [-0.2, -0.15) is 0 Å².